The van der Waals surface area contributed by atoms with Gasteiger partial charge in [0.05, 0.1) is 29.9 Å². The first-order valence-corrected chi connectivity index (χ1v) is 11.5. The molecule has 0 radical (unpaired) electrons. The molecule has 166 valence electrons. The number of nitrogens with one attached hydrogen (secondary N) is 2. The van der Waals surface area contributed by atoms with Gasteiger partial charge in [-0.1, -0.05) is 31.1 Å². The molecule has 4 N–H and O–H groups in total. The molecule has 0 bridgehead atoms. The van der Waals surface area contributed by atoms with E-state index in [9.17, 15) is 8.42 Å². The predicted octanol–water partition coefficient (Wildman–Crippen LogP) is 2.52. The van der Waals surface area contributed by atoms with Gasteiger partial charge in [-0.2, -0.15) is 0 Å². The van der Waals surface area contributed by atoms with E-state index in [0.29, 0.717) is 37.8 Å². The van der Waals surface area contributed by atoms with Crippen LogP contribution in [-0.2, 0) is 29.5 Å². The number of aliphatic imine (C=N–C) groups is 1. The molecule has 0 aliphatic carbocycles. The molecule has 31 heavy (non-hydrogen) atoms. The van der Waals surface area contributed by atoms with Gasteiger partial charge in [-0.05, 0) is 35.7 Å². The lowest BCUT2D eigenvalue weighted by atomic mass is 10.1. The van der Waals surface area contributed by atoms with Gasteiger partial charge in [0.1, 0.15) is 5.76 Å². The first kappa shape index (κ1) is 22.6. The molecule has 2 aromatic heterocycles. The van der Waals surface area contributed by atoms with Crippen molar-refractivity contribution in [2.75, 3.05) is 6.54 Å². The van der Waals surface area contributed by atoms with Gasteiger partial charge in [0.25, 0.3) is 0 Å². The van der Waals surface area contributed by atoms with Crippen LogP contribution in [0.1, 0.15) is 42.5 Å². The van der Waals surface area contributed by atoms with Crippen molar-refractivity contribution in [1.29, 1.82) is 0 Å². The molecular weight excluding hydrogens is 418 g/mol. The Morgan fingerprint density at radius 1 is 1.16 bits per heavy atom. The number of hydrogen-bond donors (Lipinski definition) is 3. The van der Waals surface area contributed by atoms with Crippen LogP contribution >= 0.6 is 0 Å². The summed E-state index contributed by atoms with van der Waals surface area (Å²) in [4.78, 5) is 4.65. The highest BCUT2D eigenvalue weighted by molar-refractivity contribution is 7.89. The second-order valence-electron chi connectivity index (χ2n) is 7.34. The van der Waals surface area contributed by atoms with Gasteiger partial charge in [-0.3, -0.25) is 0 Å². The van der Waals surface area contributed by atoms with Crippen molar-refractivity contribution in [2.45, 2.75) is 44.2 Å². The molecule has 1 aromatic carbocycles. The lowest BCUT2D eigenvalue weighted by Gasteiger charge is -2.11. The van der Waals surface area contributed by atoms with E-state index in [1.165, 1.54) is 12.1 Å². The zero-order valence-electron chi connectivity index (χ0n) is 17.5. The summed E-state index contributed by atoms with van der Waals surface area (Å²) in [6.07, 6.45) is 2.35. The summed E-state index contributed by atoms with van der Waals surface area (Å²) in [5.41, 5.74) is 1.75. The Balaban J connectivity index is 1.64. The highest BCUT2D eigenvalue weighted by atomic mass is 32.2. The molecule has 0 spiro atoms. The Morgan fingerprint density at radius 2 is 1.94 bits per heavy atom. The maximum Gasteiger partial charge on any atom is 0.238 e. The third kappa shape index (κ3) is 6.97. The topological polar surface area (TPSA) is 136 Å². The molecule has 0 unspecified atom stereocenters. The van der Waals surface area contributed by atoms with E-state index in [-0.39, 0.29) is 10.8 Å². The molecule has 3 rings (SSSR count). The van der Waals surface area contributed by atoms with Gasteiger partial charge in [-0.25, -0.2) is 18.5 Å². The average molecular weight is 446 g/mol. The summed E-state index contributed by atoms with van der Waals surface area (Å²) in [6.45, 7) is 5.52. The first-order chi connectivity index (χ1) is 14.8. The Kier molecular flexibility index (Phi) is 7.48. The van der Waals surface area contributed by atoms with Crippen LogP contribution in [0.15, 0.2) is 67.6 Å². The number of benzene rings is 1. The van der Waals surface area contributed by atoms with E-state index < -0.39 is 10.0 Å². The standard InChI is InChI=1S/C21H27N5O4S/c1-15(2)20-12-18(30-26-20)14-25-21(23-10-9-17-4-3-11-29-17)24-13-16-5-7-19(8-6-16)31(22,27)28/h3-8,11-12,15H,9-10,13-14H2,1-2H3,(H2,22,27,28)(H2,23,24,25). The molecule has 0 fully saturated rings. The minimum absolute atomic E-state index is 0.0708. The van der Waals surface area contributed by atoms with Gasteiger partial charge in [0, 0.05) is 19.0 Å². The molecule has 0 aliphatic heterocycles. The van der Waals surface area contributed by atoms with E-state index >= 15 is 0 Å². The smallest absolute Gasteiger partial charge is 0.238 e. The summed E-state index contributed by atoms with van der Waals surface area (Å²) in [7, 11) is -3.71. The number of nitrogens with zero attached hydrogens (tertiary/aromatic N) is 2. The summed E-state index contributed by atoms with van der Waals surface area (Å²) in [5.74, 6) is 2.46. The van der Waals surface area contributed by atoms with Crippen molar-refractivity contribution in [3.8, 4) is 0 Å². The van der Waals surface area contributed by atoms with E-state index in [2.05, 4.69) is 34.6 Å². The Bertz CT molecular complexity index is 1090. The fraction of sp³-hybridized carbons (Fsp3) is 0.333. The number of nitrogens with two attached hydrogens (primary N) is 1. The van der Waals surface area contributed by atoms with Crippen molar-refractivity contribution >= 4 is 16.0 Å². The van der Waals surface area contributed by atoms with Crippen LogP contribution in [0.5, 0.6) is 0 Å². The number of guanidine groups is 1. The zero-order valence-corrected chi connectivity index (χ0v) is 18.4. The van der Waals surface area contributed by atoms with Crippen molar-refractivity contribution in [3.05, 3.63) is 71.5 Å². The molecule has 0 atom stereocenters. The minimum Gasteiger partial charge on any atom is -0.469 e. The molecule has 0 aliphatic rings. The Hall–Kier alpha value is -3.11. The lowest BCUT2D eigenvalue weighted by molar-refractivity contribution is 0.372. The monoisotopic (exact) mass is 445 g/mol. The number of sulfonamides is 1. The quantitative estimate of drug-likeness (QED) is 0.340. The maximum atomic E-state index is 11.4. The normalized spacial score (nSPS) is 12.3. The van der Waals surface area contributed by atoms with Crippen LogP contribution in [0.2, 0.25) is 0 Å². The average Bonchev–Trinajstić information content (AvgIpc) is 3.41. The van der Waals surface area contributed by atoms with Crippen LogP contribution < -0.4 is 15.8 Å². The minimum atomic E-state index is -3.71. The number of furan rings is 1. The first-order valence-electron chi connectivity index (χ1n) is 9.93. The fourth-order valence-corrected chi connectivity index (χ4v) is 3.26. The number of rotatable bonds is 9. The maximum absolute atomic E-state index is 11.4. The molecule has 10 heteroatoms. The predicted molar refractivity (Wildman–Crippen MR) is 117 cm³/mol. The Morgan fingerprint density at radius 3 is 2.55 bits per heavy atom. The highest BCUT2D eigenvalue weighted by Gasteiger charge is 2.09. The van der Waals surface area contributed by atoms with Crippen molar-refractivity contribution in [1.82, 2.24) is 15.8 Å². The number of primary sulfonamides is 1. The largest absolute Gasteiger partial charge is 0.469 e. The molecule has 2 heterocycles. The summed E-state index contributed by atoms with van der Waals surface area (Å²) >= 11 is 0. The third-order valence-corrected chi connectivity index (χ3v) is 5.44. The van der Waals surface area contributed by atoms with Gasteiger partial charge >= 0.3 is 0 Å². The highest BCUT2D eigenvalue weighted by Crippen LogP contribution is 2.14. The van der Waals surface area contributed by atoms with Gasteiger partial charge in [0.2, 0.25) is 10.0 Å². The molecule has 3 aromatic rings. The van der Waals surface area contributed by atoms with Crippen molar-refractivity contribution in [2.24, 2.45) is 10.1 Å². The van der Waals surface area contributed by atoms with Crippen LogP contribution in [0.4, 0.5) is 0 Å². The van der Waals surface area contributed by atoms with Crippen molar-refractivity contribution < 1.29 is 17.4 Å². The zero-order chi connectivity index (χ0) is 22.3. The summed E-state index contributed by atoms with van der Waals surface area (Å²) < 4.78 is 33.5. The molecule has 0 saturated heterocycles. The van der Waals surface area contributed by atoms with Crippen LogP contribution in [0, 0.1) is 0 Å². The van der Waals surface area contributed by atoms with Crippen LogP contribution in [-0.4, -0.2) is 26.1 Å². The second-order valence-corrected chi connectivity index (χ2v) is 8.90. The number of aromatic nitrogens is 1. The van der Waals surface area contributed by atoms with Crippen LogP contribution in [0.25, 0.3) is 0 Å². The van der Waals surface area contributed by atoms with E-state index in [1.807, 2.05) is 18.2 Å². The summed E-state index contributed by atoms with van der Waals surface area (Å²) in [6, 6.07) is 12.0. The van der Waals surface area contributed by atoms with Gasteiger partial charge < -0.3 is 19.6 Å². The molecule has 9 nitrogen and oxygen atoms in total. The van der Waals surface area contributed by atoms with E-state index in [4.69, 9.17) is 14.1 Å². The second kappa shape index (κ2) is 10.3. The van der Waals surface area contributed by atoms with Gasteiger partial charge in [0.15, 0.2) is 11.7 Å². The molecule has 0 amide bonds. The van der Waals surface area contributed by atoms with Crippen LogP contribution in [0.3, 0.4) is 0 Å². The fourth-order valence-electron chi connectivity index (χ4n) is 2.74. The van der Waals surface area contributed by atoms with Gasteiger partial charge in [-0.15, -0.1) is 0 Å². The lowest BCUT2D eigenvalue weighted by Crippen LogP contribution is -2.38. The van der Waals surface area contributed by atoms with E-state index in [1.54, 1.807) is 18.4 Å². The summed E-state index contributed by atoms with van der Waals surface area (Å²) in [5, 5.41) is 15.7. The SMILES string of the molecule is CC(C)c1cc(CNC(=NCc2ccc(S(N)(=O)=O)cc2)NCCc2ccco2)on1. The Labute approximate surface area is 181 Å². The van der Waals surface area contributed by atoms with Crippen molar-refractivity contribution in [3.63, 3.8) is 0 Å². The number of hydrogen-bond acceptors (Lipinski definition) is 6. The molecular formula is C21H27N5O4S. The third-order valence-electron chi connectivity index (χ3n) is 4.51. The van der Waals surface area contributed by atoms with E-state index in [0.717, 1.165) is 17.0 Å². The molecule has 0 saturated carbocycles.